The second-order valence-corrected chi connectivity index (χ2v) is 10.2. The Labute approximate surface area is 238 Å². The molecule has 13 heteroatoms. The fraction of sp³-hybridized carbons (Fsp3) is 0.222. The minimum Gasteiger partial charge on any atom is -0.372 e. The predicted octanol–water partition coefficient (Wildman–Crippen LogP) is 7.93. The van der Waals surface area contributed by atoms with Crippen LogP contribution in [0, 0.1) is 0 Å². The normalized spacial score (nSPS) is 12.6. The lowest BCUT2D eigenvalue weighted by Gasteiger charge is -2.23. The SMILES string of the molecule is CCN(CC)c1ccc(N=Nc2nc(Sc3ccccc3)nc(Sc3ccccc3)n2)c(C(N)OC(F)(F)F)c1. The van der Waals surface area contributed by atoms with Crippen molar-refractivity contribution in [2.45, 2.75) is 46.5 Å². The number of rotatable bonds is 11. The Morgan fingerprint density at radius 2 is 1.38 bits per heavy atom. The van der Waals surface area contributed by atoms with Gasteiger partial charge in [0.2, 0.25) is 0 Å². The number of halogens is 3. The van der Waals surface area contributed by atoms with Crippen LogP contribution in [0.4, 0.5) is 30.5 Å². The zero-order valence-corrected chi connectivity index (χ0v) is 23.2. The first kappa shape index (κ1) is 29.5. The highest BCUT2D eigenvalue weighted by Crippen LogP contribution is 2.35. The molecular weight excluding hydrogens is 559 g/mol. The number of ether oxygens (including phenoxy) is 1. The van der Waals surface area contributed by atoms with Crippen LogP contribution in [0.25, 0.3) is 0 Å². The Bertz CT molecular complexity index is 1360. The van der Waals surface area contributed by atoms with E-state index < -0.39 is 12.6 Å². The molecule has 0 spiro atoms. The van der Waals surface area contributed by atoms with Gasteiger partial charge < -0.3 is 10.6 Å². The molecule has 4 rings (SSSR count). The van der Waals surface area contributed by atoms with Crippen LogP contribution in [-0.4, -0.2) is 34.4 Å². The number of nitrogens with two attached hydrogens (primary N) is 1. The number of benzene rings is 3. The van der Waals surface area contributed by atoms with Crippen molar-refractivity contribution in [2.75, 3.05) is 18.0 Å². The number of aromatic nitrogens is 3. The molecule has 0 amide bonds. The highest BCUT2D eigenvalue weighted by atomic mass is 32.2. The van der Waals surface area contributed by atoms with Crippen LogP contribution < -0.4 is 10.6 Å². The molecule has 1 unspecified atom stereocenters. The van der Waals surface area contributed by atoms with Gasteiger partial charge in [0.15, 0.2) is 10.3 Å². The second-order valence-electron chi connectivity index (χ2n) is 8.13. The van der Waals surface area contributed by atoms with Crippen molar-refractivity contribution >= 4 is 40.8 Å². The molecular formula is C27H26F3N7OS2. The fourth-order valence-electron chi connectivity index (χ4n) is 3.60. The van der Waals surface area contributed by atoms with E-state index in [9.17, 15) is 13.2 Å². The molecule has 1 atom stereocenters. The molecule has 40 heavy (non-hydrogen) atoms. The van der Waals surface area contributed by atoms with Gasteiger partial charge in [-0.25, -0.2) is 0 Å². The fourth-order valence-corrected chi connectivity index (χ4v) is 5.19. The summed E-state index contributed by atoms with van der Waals surface area (Å²) < 4.78 is 43.1. The molecule has 8 nitrogen and oxygen atoms in total. The average molecular weight is 586 g/mol. The van der Waals surface area contributed by atoms with Crippen molar-refractivity contribution in [3.63, 3.8) is 0 Å². The van der Waals surface area contributed by atoms with Gasteiger partial charge in [-0.1, -0.05) is 36.4 Å². The van der Waals surface area contributed by atoms with Gasteiger partial charge in [-0.2, -0.15) is 15.0 Å². The molecule has 1 aromatic heterocycles. The Balaban J connectivity index is 1.71. The molecule has 0 aliphatic rings. The zero-order chi connectivity index (χ0) is 28.5. The van der Waals surface area contributed by atoms with Gasteiger partial charge in [0.1, 0.15) is 6.23 Å². The number of azo groups is 1. The van der Waals surface area contributed by atoms with Crippen LogP contribution >= 0.6 is 23.5 Å². The van der Waals surface area contributed by atoms with Crippen molar-refractivity contribution in [2.24, 2.45) is 16.0 Å². The minimum absolute atomic E-state index is 0.00376. The summed E-state index contributed by atoms with van der Waals surface area (Å²) >= 11 is 2.65. The quantitative estimate of drug-likeness (QED) is 0.140. The molecule has 3 aromatic carbocycles. The standard InChI is InChI=1S/C27H26F3N7OS2/c1-3-37(4-2)18-15-16-22(21(17-18)23(31)38-27(28,29)30)35-36-24-32-25(39-19-11-7-5-8-12-19)34-26(33-24)40-20-13-9-6-10-14-20/h5-17,23H,3-4,31H2,1-2H3. The Morgan fingerprint density at radius 3 is 1.88 bits per heavy atom. The van der Waals surface area contributed by atoms with E-state index in [1.54, 1.807) is 12.1 Å². The van der Waals surface area contributed by atoms with Gasteiger partial charge in [0, 0.05) is 34.1 Å². The molecule has 0 bridgehead atoms. The van der Waals surface area contributed by atoms with E-state index in [-0.39, 0.29) is 17.2 Å². The lowest BCUT2D eigenvalue weighted by molar-refractivity contribution is -0.344. The van der Waals surface area contributed by atoms with E-state index in [1.165, 1.54) is 29.6 Å². The highest BCUT2D eigenvalue weighted by molar-refractivity contribution is 7.99. The predicted molar refractivity (Wildman–Crippen MR) is 149 cm³/mol. The molecule has 4 aromatic rings. The van der Waals surface area contributed by atoms with Crippen LogP contribution in [0.1, 0.15) is 25.6 Å². The van der Waals surface area contributed by atoms with E-state index in [4.69, 9.17) is 5.73 Å². The minimum atomic E-state index is -4.93. The Hall–Kier alpha value is -3.52. The number of hydrogen-bond acceptors (Lipinski definition) is 10. The van der Waals surface area contributed by atoms with Crippen molar-refractivity contribution in [3.05, 3.63) is 84.4 Å². The van der Waals surface area contributed by atoms with Crippen LogP contribution in [-0.2, 0) is 4.74 Å². The van der Waals surface area contributed by atoms with Gasteiger partial charge in [0.05, 0.1) is 5.69 Å². The van der Waals surface area contributed by atoms with Gasteiger partial charge in [-0.15, -0.1) is 23.4 Å². The number of alkyl halides is 3. The molecule has 208 valence electrons. The summed E-state index contributed by atoms with van der Waals surface area (Å²) in [5, 5.41) is 9.13. The Kier molecular flexibility index (Phi) is 10.1. The van der Waals surface area contributed by atoms with E-state index in [2.05, 4.69) is 29.9 Å². The van der Waals surface area contributed by atoms with Gasteiger partial charge >= 0.3 is 6.36 Å². The maximum Gasteiger partial charge on any atom is 0.524 e. The monoisotopic (exact) mass is 585 g/mol. The van der Waals surface area contributed by atoms with E-state index >= 15 is 0 Å². The maximum atomic E-state index is 13.0. The molecule has 1 heterocycles. The summed E-state index contributed by atoms with van der Waals surface area (Å²) in [6.45, 7) is 5.20. The first-order valence-corrected chi connectivity index (χ1v) is 13.9. The summed E-state index contributed by atoms with van der Waals surface area (Å²) in [6.07, 6.45) is -6.74. The van der Waals surface area contributed by atoms with E-state index in [0.29, 0.717) is 29.1 Å². The summed E-state index contributed by atoms with van der Waals surface area (Å²) in [5.74, 6) is -0.00376. The number of anilines is 1. The smallest absolute Gasteiger partial charge is 0.372 e. The van der Waals surface area contributed by atoms with Crippen LogP contribution in [0.15, 0.2) is 109 Å². The third kappa shape index (κ3) is 8.49. The summed E-state index contributed by atoms with van der Waals surface area (Å²) in [5.41, 5.74) is 6.62. The van der Waals surface area contributed by atoms with Gasteiger partial charge in [0.25, 0.3) is 5.95 Å². The largest absolute Gasteiger partial charge is 0.524 e. The number of nitrogens with zero attached hydrogens (tertiary/aromatic N) is 6. The van der Waals surface area contributed by atoms with Crippen LogP contribution in [0.3, 0.4) is 0 Å². The Morgan fingerprint density at radius 1 is 0.825 bits per heavy atom. The molecule has 0 saturated carbocycles. The molecule has 2 N–H and O–H groups in total. The molecule has 0 radical (unpaired) electrons. The van der Waals surface area contributed by atoms with Crippen LogP contribution in [0.2, 0.25) is 0 Å². The lowest BCUT2D eigenvalue weighted by Crippen LogP contribution is -2.25. The van der Waals surface area contributed by atoms with Crippen molar-refractivity contribution < 1.29 is 17.9 Å². The third-order valence-corrected chi connectivity index (χ3v) is 7.19. The highest BCUT2D eigenvalue weighted by Gasteiger charge is 2.34. The van der Waals surface area contributed by atoms with E-state index in [0.717, 1.165) is 9.79 Å². The summed E-state index contributed by atoms with van der Waals surface area (Å²) in [6, 6.07) is 23.9. The lowest BCUT2D eigenvalue weighted by atomic mass is 10.1. The second kappa shape index (κ2) is 13.7. The van der Waals surface area contributed by atoms with E-state index in [1.807, 2.05) is 79.4 Å². The van der Waals surface area contributed by atoms with Gasteiger partial charge in [-0.3, -0.25) is 4.74 Å². The first-order chi connectivity index (χ1) is 19.2. The third-order valence-electron chi connectivity index (χ3n) is 5.44. The number of hydrogen-bond donors (Lipinski definition) is 1. The summed E-state index contributed by atoms with van der Waals surface area (Å²) in [7, 11) is 0. The van der Waals surface area contributed by atoms with Crippen molar-refractivity contribution in [1.82, 2.24) is 15.0 Å². The van der Waals surface area contributed by atoms with Crippen molar-refractivity contribution in [3.8, 4) is 0 Å². The average Bonchev–Trinajstić information content (AvgIpc) is 2.93. The summed E-state index contributed by atoms with van der Waals surface area (Å²) in [4.78, 5) is 17.2. The topological polar surface area (TPSA) is 102 Å². The zero-order valence-electron chi connectivity index (χ0n) is 21.6. The molecule has 0 saturated heterocycles. The van der Waals surface area contributed by atoms with Gasteiger partial charge in [-0.05, 0) is 79.8 Å². The molecule has 0 aliphatic carbocycles. The van der Waals surface area contributed by atoms with Crippen molar-refractivity contribution in [1.29, 1.82) is 0 Å². The molecule has 0 fully saturated rings. The molecule has 0 aliphatic heterocycles. The van der Waals surface area contributed by atoms with Crippen LogP contribution in [0.5, 0.6) is 0 Å². The maximum absolute atomic E-state index is 13.0. The first-order valence-electron chi connectivity index (χ1n) is 12.3.